The molecule has 0 saturated carbocycles. The van der Waals surface area contributed by atoms with E-state index in [0.29, 0.717) is 28.4 Å². The predicted molar refractivity (Wildman–Crippen MR) is 130 cm³/mol. The monoisotopic (exact) mass is 462 g/mol. The van der Waals surface area contributed by atoms with E-state index in [-0.39, 0.29) is 17.4 Å². The smallest absolute Gasteiger partial charge is 0.250 e. The summed E-state index contributed by atoms with van der Waals surface area (Å²) < 4.78 is 20.2. The molecule has 0 saturated heterocycles. The zero-order chi connectivity index (χ0) is 24.2. The van der Waals surface area contributed by atoms with E-state index in [0.717, 1.165) is 24.0 Å². The van der Waals surface area contributed by atoms with E-state index < -0.39 is 12.7 Å². The van der Waals surface area contributed by atoms with Crippen LogP contribution in [0.3, 0.4) is 0 Å². The molecule has 176 valence electrons. The number of hydrogen-bond acceptors (Lipinski definition) is 7. The van der Waals surface area contributed by atoms with Crippen molar-refractivity contribution in [1.29, 1.82) is 0 Å². The molecule has 3 heterocycles. The summed E-state index contributed by atoms with van der Waals surface area (Å²) in [6, 6.07) is 11.5. The Bertz CT molecular complexity index is 1350. The molecule has 0 aliphatic heterocycles. The van der Waals surface area contributed by atoms with Crippen molar-refractivity contribution in [2.75, 3.05) is 12.4 Å². The molecule has 4 rings (SSSR count). The highest BCUT2D eigenvalue weighted by atomic mass is 19.1. The first-order chi connectivity index (χ1) is 16.4. The van der Waals surface area contributed by atoms with Gasteiger partial charge in [0.25, 0.3) is 5.56 Å². The summed E-state index contributed by atoms with van der Waals surface area (Å²) in [6.07, 6.45) is 5.05. The molecule has 0 aliphatic rings. The minimum Gasteiger partial charge on any atom is -0.382 e. The Balaban J connectivity index is 1.71. The third-order valence-electron chi connectivity index (χ3n) is 5.89. The number of nitrogens with zero attached hydrogens (tertiary/aromatic N) is 4. The van der Waals surface area contributed by atoms with Gasteiger partial charge >= 0.3 is 0 Å². The molecular formula is C25H27FN6O2. The fraction of sp³-hybridized carbons (Fsp3) is 0.280. The molecule has 1 unspecified atom stereocenters. The Morgan fingerprint density at radius 1 is 1.09 bits per heavy atom. The van der Waals surface area contributed by atoms with Gasteiger partial charge in [-0.1, -0.05) is 37.2 Å². The van der Waals surface area contributed by atoms with E-state index in [1.165, 1.54) is 6.07 Å². The summed E-state index contributed by atoms with van der Waals surface area (Å²) >= 11 is 0. The third-order valence-corrected chi connectivity index (χ3v) is 5.89. The number of halogens is 1. The molecular weight excluding hydrogens is 435 g/mol. The average Bonchev–Trinajstić information content (AvgIpc) is 3.36. The van der Waals surface area contributed by atoms with Crippen molar-refractivity contribution in [3.05, 3.63) is 70.8 Å². The summed E-state index contributed by atoms with van der Waals surface area (Å²) in [5.41, 5.74) is 15.4. The first kappa shape index (κ1) is 23.3. The van der Waals surface area contributed by atoms with Gasteiger partial charge < -0.3 is 20.6 Å². The number of anilines is 1. The third kappa shape index (κ3) is 4.60. The second kappa shape index (κ2) is 9.96. The maximum atomic E-state index is 13.0. The van der Waals surface area contributed by atoms with Crippen LogP contribution in [-0.4, -0.2) is 26.4 Å². The predicted octanol–water partition coefficient (Wildman–Crippen LogP) is 4.54. The van der Waals surface area contributed by atoms with Gasteiger partial charge in [-0.05, 0) is 30.5 Å². The van der Waals surface area contributed by atoms with Gasteiger partial charge in [-0.25, -0.2) is 14.4 Å². The van der Waals surface area contributed by atoms with E-state index in [1.54, 1.807) is 47.3 Å². The first-order valence-electron chi connectivity index (χ1n) is 11.2. The molecule has 8 nitrogen and oxygen atoms in total. The van der Waals surface area contributed by atoms with Crippen molar-refractivity contribution in [3.63, 3.8) is 0 Å². The second-order valence-electron chi connectivity index (χ2n) is 8.09. The molecule has 1 atom stereocenters. The quantitative estimate of drug-likeness (QED) is 0.394. The molecule has 1 aromatic carbocycles. The van der Waals surface area contributed by atoms with Gasteiger partial charge in [-0.2, -0.15) is 0 Å². The Hall–Kier alpha value is -3.85. The fourth-order valence-electron chi connectivity index (χ4n) is 3.88. The van der Waals surface area contributed by atoms with Crippen LogP contribution in [0.25, 0.3) is 34.0 Å². The van der Waals surface area contributed by atoms with Gasteiger partial charge in [0.05, 0.1) is 17.9 Å². The van der Waals surface area contributed by atoms with Crippen LogP contribution < -0.4 is 17.0 Å². The maximum Gasteiger partial charge on any atom is 0.250 e. The summed E-state index contributed by atoms with van der Waals surface area (Å²) in [4.78, 5) is 21.3. The molecule has 4 aromatic rings. The molecule has 0 amide bonds. The summed E-state index contributed by atoms with van der Waals surface area (Å²) in [6.45, 7) is 3.45. The molecule has 34 heavy (non-hydrogen) atoms. The van der Waals surface area contributed by atoms with Crippen LogP contribution in [0.2, 0.25) is 0 Å². The topological polar surface area (TPSA) is 126 Å². The number of rotatable bonds is 8. The number of nitrogen functional groups attached to an aromatic ring is 1. The van der Waals surface area contributed by atoms with Crippen molar-refractivity contribution in [3.8, 4) is 34.0 Å². The summed E-state index contributed by atoms with van der Waals surface area (Å²) in [5.74, 6) is 0.531. The van der Waals surface area contributed by atoms with Crippen LogP contribution >= 0.6 is 0 Å². The van der Waals surface area contributed by atoms with Crippen molar-refractivity contribution in [1.82, 2.24) is 19.7 Å². The van der Waals surface area contributed by atoms with Crippen molar-refractivity contribution in [2.24, 2.45) is 5.73 Å². The fourth-order valence-corrected chi connectivity index (χ4v) is 3.88. The largest absolute Gasteiger partial charge is 0.382 e. The summed E-state index contributed by atoms with van der Waals surface area (Å²) in [5, 5.41) is 4.13. The second-order valence-corrected chi connectivity index (χ2v) is 8.09. The van der Waals surface area contributed by atoms with Gasteiger partial charge in [0.2, 0.25) is 0 Å². The molecule has 0 radical (unpaired) electrons. The van der Waals surface area contributed by atoms with Crippen LogP contribution in [0.15, 0.2) is 64.2 Å². The lowest BCUT2D eigenvalue weighted by molar-refractivity contribution is 0.433. The highest BCUT2D eigenvalue weighted by Crippen LogP contribution is 2.30. The van der Waals surface area contributed by atoms with Crippen molar-refractivity contribution in [2.45, 2.75) is 38.8 Å². The van der Waals surface area contributed by atoms with Gasteiger partial charge in [-0.3, -0.25) is 4.79 Å². The van der Waals surface area contributed by atoms with Crippen molar-refractivity contribution >= 4 is 5.82 Å². The Morgan fingerprint density at radius 2 is 1.88 bits per heavy atom. The summed E-state index contributed by atoms with van der Waals surface area (Å²) in [7, 11) is 0. The number of nitrogens with two attached hydrogens (primary N) is 2. The van der Waals surface area contributed by atoms with Gasteiger partial charge in [-0.15, -0.1) is 0 Å². The number of benzene rings is 1. The zero-order valence-corrected chi connectivity index (χ0v) is 19.1. The van der Waals surface area contributed by atoms with Gasteiger partial charge in [0.1, 0.15) is 12.4 Å². The molecule has 0 aliphatic carbocycles. The molecule has 0 fully saturated rings. The van der Waals surface area contributed by atoms with Crippen molar-refractivity contribution < 1.29 is 8.91 Å². The van der Waals surface area contributed by atoms with E-state index in [9.17, 15) is 9.18 Å². The Kier molecular flexibility index (Phi) is 6.83. The van der Waals surface area contributed by atoms with E-state index in [4.69, 9.17) is 16.0 Å². The average molecular weight is 463 g/mol. The van der Waals surface area contributed by atoms with E-state index in [1.807, 2.05) is 6.07 Å². The minimum atomic E-state index is -0.701. The van der Waals surface area contributed by atoms with Crippen LogP contribution in [-0.2, 0) is 0 Å². The maximum absolute atomic E-state index is 13.0. The lowest BCUT2D eigenvalue weighted by Gasteiger charge is -2.17. The van der Waals surface area contributed by atoms with Gasteiger partial charge in [0, 0.05) is 35.5 Å². The Labute approximate surface area is 196 Å². The highest BCUT2D eigenvalue weighted by Gasteiger charge is 2.17. The first-order valence-corrected chi connectivity index (χ1v) is 11.2. The van der Waals surface area contributed by atoms with E-state index in [2.05, 4.69) is 29.0 Å². The van der Waals surface area contributed by atoms with E-state index >= 15 is 0 Å². The molecule has 9 heteroatoms. The Morgan fingerprint density at radius 3 is 2.62 bits per heavy atom. The number of alkyl halides is 1. The molecule has 0 bridgehead atoms. The standard InChI is InChI=1S/C25H27FN6O2/c1-3-18(4-2)32-14-17(8-9-23(32)33)21-13-29-25(28)24(30-21)22-11-20(31-34-22)16-7-5-6-15(10-16)19(27)12-26/h5-11,13-14,18-19H,3-4,12,27H2,1-2H3,(H2,28,29). The lowest BCUT2D eigenvalue weighted by atomic mass is 10.0. The SMILES string of the molecule is CCC(CC)n1cc(-c2cnc(N)c(-c3cc(-c4cccc(C(N)CF)c4)no3)n2)ccc1=O. The van der Waals surface area contributed by atoms with Crippen LogP contribution in [0, 0.1) is 0 Å². The molecule has 4 N–H and O–H groups in total. The molecule has 0 spiro atoms. The molecule has 3 aromatic heterocycles. The highest BCUT2D eigenvalue weighted by molar-refractivity contribution is 5.73. The number of pyridine rings is 1. The number of aromatic nitrogens is 4. The number of hydrogen-bond donors (Lipinski definition) is 2. The normalized spacial score (nSPS) is 12.3. The van der Waals surface area contributed by atoms with Crippen LogP contribution in [0.1, 0.15) is 44.3 Å². The van der Waals surface area contributed by atoms with Gasteiger partial charge in [0.15, 0.2) is 17.3 Å². The zero-order valence-electron chi connectivity index (χ0n) is 19.1. The lowest BCUT2D eigenvalue weighted by Crippen LogP contribution is -2.23. The van der Waals surface area contributed by atoms with Crippen LogP contribution in [0.5, 0.6) is 0 Å². The minimum absolute atomic E-state index is 0.0596. The van der Waals surface area contributed by atoms with Crippen LogP contribution in [0.4, 0.5) is 10.2 Å².